The molecule has 0 bridgehead atoms. The van der Waals surface area contributed by atoms with Crippen LogP contribution in [-0.2, 0) is 9.53 Å². The first-order chi connectivity index (χ1) is 4.45. The summed E-state index contributed by atoms with van der Waals surface area (Å²) in [5.41, 5.74) is 0. The Morgan fingerprint density at radius 2 is 2.71 bits per heavy atom. The molecule has 0 fully saturated rings. The molecular weight excluding hydrogens is 92.1 g/mol. The minimum atomic E-state index is -2.38. The number of carbonyl (C=O) groups is 1. The summed E-state index contributed by atoms with van der Waals surface area (Å²) in [6, 6.07) is 0. The van der Waals surface area contributed by atoms with E-state index in [1.807, 2.05) is 0 Å². The summed E-state index contributed by atoms with van der Waals surface area (Å²) in [5, 5.41) is 0. The number of carbonyl (C=O) groups excluding carboxylic acids is 1. The van der Waals surface area contributed by atoms with Crippen molar-refractivity contribution < 1.29 is 13.6 Å². The third-order valence-corrected chi connectivity index (χ3v) is 0.350. The number of esters is 1. The molecule has 0 aliphatic heterocycles. The van der Waals surface area contributed by atoms with Crippen molar-refractivity contribution >= 4 is 5.97 Å². The predicted molar refractivity (Wildman–Crippen MR) is 25.5 cm³/mol. The highest BCUT2D eigenvalue weighted by Crippen LogP contribution is 1.64. The Kier molecular flexibility index (Phi) is 1.09. The molecule has 0 aromatic carbocycles. The third kappa shape index (κ3) is 2.84. The summed E-state index contributed by atoms with van der Waals surface area (Å²) in [5.74, 6) is 2.71. The fourth-order valence-corrected chi connectivity index (χ4v) is 0.102. The van der Waals surface area contributed by atoms with E-state index in [-0.39, 0.29) is 0 Å². The highest BCUT2D eigenvalue weighted by atomic mass is 16.5. The fraction of sp³-hybridized carbons (Fsp3) is 0.400. The van der Waals surface area contributed by atoms with E-state index in [2.05, 4.69) is 4.74 Å². The molecule has 0 amide bonds. The zero-order chi connectivity index (χ0) is 8.20. The summed E-state index contributed by atoms with van der Waals surface area (Å²) >= 11 is 0. The fourth-order valence-electron chi connectivity index (χ4n) is 0.102. The number of methoxy groups -OCH3 is 1. The third-order valence-electron chi connectivity index (χ3n) is 0.350. The van der Waals surface area contributed by atoms with Crippen molar-refractivity contribution in [3.63, 3.8) is 0 Å². The summed E-state index contributed by atoms with van der Waals surface area (Å²) in [4.78, 5) is 10.2. The van der Waals surface area contributed by atoms with E-state index in [4.69, 9.17) is 4.11 Å². The van der Waals surface area contributed by atoms with Gasteiger partial charge in [0.25, 0.3) is 0 Å². The monoisotopic (exact) mass is 101 g/mol. The van der Waals surface area contributed by atoms with Crippen molar-refractivity contribution in [3.05, 3.63) is 0 Å². The van der Waals surface area contributed by atoms with Gasteiger partial charge in [-0.3, -0.25) is 0 Å². The van der Waals surface area contributed by atoms with Crippen molar-refractivity contribution in [2.45, 2.75) is 6.85 Å². The topological polar surface area (TPSA) is 26.3 Å². The van der Waals surface area contributed by atoms with Crippen LogP contribution in [0.25, 0.3) is 0 Å². The molecule has 0 N–H and O–H groups in total. The Morgan fingerprint density at radius 3 is 3.14 bits per heavy atom. The number of rotatable bonds is 0. The Balaban J connectivity index is 4.05. The van der Waals surface area contributed by atoms with Gasteiger partial charge in [0.2, 0.25) is 0 Å². The molecule has 0 aromatic heterocycles. The first-order valence-corrected chi connectivity index (χ1v) is 1.57. The Hall–Kier alpha value is -0.970. The highest BCUT2D eigenvalue weighted by molar-refractivity contribution is 5.88. The standard InChI is InChI=1S/C5H6O2/c1-3-4-5(6)7-2/h1-2H3/i1D3. The second-order valence-corrected chi connectivity index (χ2v) is 0.742. The Bertz CT molecular complexity index is 183. The number of ether oxygens (including phenoxy) is 1. The molecule has 0 saturated heterocycles. The van der Waals surface area contributed by atoms with E-state index in [0.29, 0.717) is 0 Å². The van der Waals surface area contributed by atoms with Crippen LogP contribution in [0.3, 0.4) is 0 Å². The van der Waals surface area contributed by atoms with Crippen LogP contribution in [0.4, 0.5) is 0 Å². The molecule has 0 atom stereocenters. The summed E-state index contributed by atoms with van der Waals surface area (Å²) in [7, 11) is 1.14. The smallest absolute Gasteiger partial charge is 0.384 e. The average molecular weight is 101 g/mol. The van der Waals surface area contributed by atoms with E-state index >= 15 is 0 Å². The van der Waals surface area contributed by atoms with E-state index in [1.54, 1.807) is 11.8 Å². The summed E-state index contributed by atoms with van der Waals surface area (Å²) < 4.78 is 23.7. The molecule has 2 heteroatoms. The van der Waals surface area contributed by atoms with Gasteiger partial charge in [0.1, 0.15) is 0 Å². The van der Waals surface area contributed by atoms with Crippen LogP contribution in [-0.4, -0.2) is 13.1 Å². The second kappa shape index (κ2) is 3.23. The van der Waals surface area contributed by atoms with Crippen molar-refractivity contribution in [1.29, 1.82) is 0 Å². The van der Waals surface area contributed by atoms with Gasteiger partial charge in [-0.1, -0.05) is 5.92 Å². The number of hydrogen-bond donors (Lipinski definition) is 0. The van der Waals surface area contributed by atoms with Crippen LogP contribution in [0.2, 0.25) is 0 Å². The minimum absolute atomic E-state index is 0.837. The molecule has 0 heterocycles. The summed E-state index contributed by atoms with van der Waals surface area (Å²) in [6.45, 7) is -2.38. The van der Waals surface area contributed by atoms with Crippen LogP contribution in [0, 0.1) is 11.8 Å². The maximum atomic E-state index is 10.2. The lowest BCUT2D eigenvalue weighted by molar-refractivity contribution is -0.133. The SMILES string of the molecule is [2H]C([2H])([2H])C#CC(=O)OC. The van der Waals surface area contributed by atoms with E-state index in [0.717, 1.165) is 7.11 Å². The van der Waals surface area contributed by atoms with Gasteiger partial charge in [-0.2, -0.15) is 0 Å². The van der Waals surface area contributed by atoms with E-state index in [1.165, 1.54) is 0 Å². The van der Waals surface area contributed by atoms with Crippen LogP contribution < -0.4 is 0 Å². The van der Waals surface area contributed by atoms with Crippen LogP contribution in [0.1, 0.15) is 11.0 Å². The number of hydrogen-bond acceptors (Lipinski definition) is 2. The highest BCUT2D eigenvalue weighted by Gasteiger charge is 1.84. The Labute approximate surface area is 46.7 Å². The van der Waals surface area contributed by atoms with Crippen molar-refractivity contribution in [1.82, 2.24) is 0 Å². The molecule has 2 nitrogen and oxygen atoms in total. The van der Waals surface area contributed by atoms with Gasteiger partial charge in [-0.15, -0.1) is 0 Å². The normalized spacial score (nSPS) is 14.1. The molecule has 7 heavy (non-hydrogen) atoms. The average Bonchev–Trinajstić information content (AvgIpc) is 1.81. The lowest BCUT2D eigenvalue weighted by Crippen LogP contribution is -1.93. The lowest BCUT2D eigenvalue weighted by Gasteiger charge is -1.81. The predicted octanol–water partition coefficient (Wildman–Crippen LogP) is 0.183. The zero-order valence-electron chi connectivity index (χ0n) is 6.82. The van der Waals surface area contributed by atoms with Crippen LogP contribution in [0.5, 0.6) is 0 Å². The molecule has 0 spiro atoms. The molecular formula is C5H6O2. The van der Waals surface area contributed by atoms with Gasteiger partial charge < -0.3 is 4.74 Å². The molecule has 0 aromatic rings. The largest absolute Gasteiger partial charge is 0.459 e. The zero-order valence-corrected chi connectivity index (χ0v) is 3.82. The molecule has 0 rings (SSSR count). The van der Waals surface area contributed by atoms with Crippen LogP contribution in [0.15, 0.2) is 0 Å². The van der Waals surface area contributed by atoms with Gasteiger partial charge in [-0.05, 0) is 6.85 Å². The summed E-state index contributed by atoms with van der Waals surface area (Å²) in [6.07, 6.45) is 0. The minimum Gasteiger partial charge on any atom is -0.459 e. The molecule has 38 valence electrons. The van der Waals surface area contributed by atoms with E-state index in [9.17, 15) is 4.79 Å². The van der Waals surface area contributed by atoms with Crippen molar-refractivity contribution in [3.8, 4) is 11.8 Å². The second-order valence-electron chi connectivity index (χ2n) is 0.742. The lowest BCUT2D eigenvalue weighted by atomic mass is 10.6. The van der Waals surface area contributed by atoms with Gasteiger partial charge in [0, 0.05) is 10.0 Å². The maximum absolute atomic E-state index is 10.2. The molecule has 0 radical (unpaired) electrons. The maximum Gasteiger partial charge on any atom is 0.384 e. The molecule has 0 saturated carbocycles. The molecule has 0 aliphatic carbocycles. The molecule has 0 aliphatic rings. The van der Waals surface area contributed by atoms with E-state index < -0.39 is 12.8 Å². The van der Waals surface area contributed by atoms with Gasteiger partial charge in [0.15, 0.2) is 0 Å². The first-order valence-electron chi connectivity index (χ1n) is 3.07. The molecule has 0 unspecified atom stereocenters. The quantitative estimate of drug-likeness (QED) is 0.247. The van der Waals surface area contributed by atoms with Crippen molar-refractivity contribution in [2.75, 3.05) is 7.11 Å². The van der Waals surface area contributed by atoms with Gasteiger partial charge in [-0.25, -0.2) is 4.79 Å². The van der Waals surface area contributed by atoms with Gasteiger partial charge in [0.05, 0.1) is 7.11 Å². The van der Waals surface area contributed by atoms with Gasteiger partial charge >= 0.3 is 5.97 Å². The Morgan fingerprint density at radius 1 is 2.00 bits per heavy atom. The van der Waals surface area contributed by atoms with Crippen molar-refractivity contribution in [2.24, 2.45) is 0 Å². The first kappa shape index (κ1) is 2.37. The van der Waals surface area contributed by atoms with Crippen LogP contribution >= 0.6 is 0 Å².